The number of nitrogens with one attached hydrogen (secondary N) is 1. The number of hydrogen-bond acceptors (Lipinski definition) is 4. The fourth-order valence-electron chi connectivity index (χ4n) is 1.61. The third-order valence-electron chi connectivity index (χ3n) is 2.23. The first kappa shape index (κ1) is 12.5. The molecule has 0 unspecified atom stereocenters. The molecule has 6 nitrogen and oxygen atoms in total. The number of carboxylic acid groups (broad SMARTS) is 1. The number of aromatic nitrogens is 2. The van der Waals surface area contributed by atoms with E-state index in [1.807, 2.05) is 0 Å². The number of fused-ring (bicyclic) bond motifs is 1. The number of H-pyrrole nitrogens is 1. The Kier molecular flexibility index (Phi) is 2.81. The SMILES string of the molecule is CS(=O)(=O)Cc1nc2c(C(=O)O)cc(F)cc2[nH]1. The van der Waals surface area contributed by atoms with Crippen LogP contribution in [0.1, 0.15) is 16.2 Å². The van der Waals surface area contributed by atoms with Gasteiger partial charge in [0.1, 0.15) is 22.9 Å². The van der Waals surface area contributed by atoms with Crippen LogP contribution in [0.15, 0.2) is 12.1 Å². The highest BCUT2D eigenvalue weighted by atomic mass is 32.2. The number of rotatable bonds is 3. The Labute approximate surface area is 101 Å². The third-order valence-corrected chi connectivity index (χ3v) is 3.03. The van der Waals surface area contributed by atoms with Gasteiger partial charge in [0, 0.05) is 6.26 Å². The minimum atomic E-state index is -3.30. The Morgan fingerprint density at radius 2 is 2.17 bits per heavy atom. The van der Waals surface area contributed by atoms with Gasteiger partial charge in [0.2, 0.25) is 0 Å². The highest BCUT2D eigenvalue weighted by Crippen LogP contribution is 2.19. The molecule has 1 aromatic heterocycles. The van der Waals surface area contributed by atoms with E-state index in [2.05, 4.69) is 9.97 Å². The van der Waals surface area contributed by atoms with Crippen molar-refractivity contribution >= 4 is 26.8 Å². The van der Waals surface area contributed by atoms with E-state index < -0.39 is 21.6 Å². The molecule has 0 saturated heterocycles. The molecule has 1 heterocycles. The Bertz CT molecular complexity index is 736. The van der Waals surface area contributed by atoms with Crippen molar-refractivity contribution in [3.63, 3.8) is 0 Å². The topological polar surface area (TPSA) is 100 Å². The molecule has 0 amide bonds. The van der Waals surface area contributed by atoms with E-state index in [9.17, 15) is 17.6 Å². The van der Waals surface area contributed by atoms with Crippen molar-refractivity contribution in [3.8, 4) is 0 Å². The van der Waals surface area contributed by atoms with E-state index in [0.29, 0.717) is 0 Å². The van der Waals surface area contributed by atoms with Crippen LogP contribution in [0.3, 0.4) is 0 Å². The fourth-order valence-corrected chi connectivity index (χ4v) is 2.25. The zero-order valence-corrected chi connectivity index (χ0v) is 10.1. The fraction of sp³-hybridized carbons (Fsp3) is 0.200. The summed E-state index contributed by atoms with van der Waals surface area (Å²) < 4.78 is 35.4. The Hall–Kier alpha value is -1.96. The summed E-state index contributed by atoms with van der Waals surface area (Å²) in [5.74, 6) is -2.32. The van der Waals surface area contributed by atoms with Gasteiger partial charge in [0.15, 0.2) is 9.84 Å². The van der Waals surface area contributed by atoms with Crippen molar-refractivity contribution in [1.29, 1.82) is 0 Å². The molecular formula is C10H9FN2O4S. The van der Waals surface area contributed by atoms with Gasteiger partial charge in [-0.05, 0) is 12.1 Å². The van der Waals surface area contributed by atoms with Crippen molar-refractivity contribution < 1.29 is 22.7 Å². The van der Waals surface area contributed by atoms with Crippen LogP contribution in [0.2, 0.25) is 0 Å². The molecule has 0 spiro atoms. The Morgan fingerprint density at radius 3 is 2.72 bits per heavy atom. The zero-order valence-electron chi connectivity index (χ0n) is 9.27. The summed E-state index contributed by atoms with van der Waals surface area (Å²) in [6.07, 6.45) is 1.03. The minimum Gasteiger partial charge on any atom is -0.478 e. The van der Waals surface area contributed by atoms with E-state index in [1.54, 1.807) is 0 Å². The summed E-state index contributed by atoms with van der Waals surface area (Å²) in [7, 11) is -3.30. The summed E-state index contributed by atoms with van der Waals surface area (Å²) in [6.45, 7) is 0. The van der Waals surface area contributed by atoms with Crippen LogP contribution in [-0.2, 0) is 15.6 Å². The van der Waals surface area contributed by atoms with Crippen molar-refractivity contribution in [2.24, 2.45) is 0 Å². The molecule has 96 valence electrons. The van der Waals surface area contributed by atoms with Gasteiger partial charge in [0.05, 0.1) is 11.1 Å². The smallest absolute Gasteiger partial charge is 0.338 e. The van der Waals surface area contributed by atoms with Crippen LogP contribution in [0.4, 0.5) is 4.39 Å². The van der Waals surface area contributed by atoms with E-state index in [-0.39, 0.29) is 28.2 Å². The quantitative estimate of drug-likeness (QED) is 0.866. The van der Waals surface area contributed by atoms with Gasteiger partial charge in [0.25, 0.3) is 0 Å². The molecule has 2 N–H and O–H groups in total. The maximum absolute atomic E-state index is 13.2. The number of sulfone groups is 1. The summed E-state index contributed by atoms with van der Waals surface area (Å²) in [4.78, 5) is 17.4. The van der Waals surface area contributed by atoms with E-state index in [1.165, 1.54) is 0 Å². The first-order valence-corrected chi connectivity index (χ1v) is 6.91. The average molecular weight is 272 g/mol. The van der Waals surface area contributed by atoms with Crippen LogP contribution in [-0.4, -0.2) is 35.7 Å². The van der Waals surface area contributed by atoms with Crippen molar-refractivity contribution in [3.05, 3.63) is 29.3 Å². The second kappa shape index (κ2) is 4.05. The van der Waals surface area contributed by atoms with Gasteiger partial charge in [-0.15, -0.1) is 0 Å². The van der Waals surface area contributed by atoms with Gasteiger partial charge in [-0.3, -0.25) is 0 Å². The number of carboxylic acids is 1. The molecule has 0 aliphatic carbocycles. The summed E-state index contributed by atoms with van der Waals surface area (Å²) >= 11 is 0. The molecule has 0 radical (unpaired) electrons. The molecule has 0 aliphatic rings. The number of benzene rings is 1. The van der Waals surface area contributed by atoms with Gasteiger partial charge in [-0.1, -0.05) is 0 Å². The van der Waals surface area contributed by atoms with Crippen molar-refractivity contribution in [2.75, 3.05) is 6.26 Å². The van der Waals surface area contributed by atoms with Crippen LogP contribution < -0.4 is 0 Å². The normalized spacial score (nSPS) is 11.9. The first-order chi connectivity index (χ1) is 8.26. The number of imidazole rings is 1. The van der Waals surface area contributed by atoms with Crippen molar-refractivity contribution in [1.82, 2.24) is 9.97 Å². The third kappa shape index (κ3) is 2.48. The molecule has 0 atom stereocenters. The summed E-state index contributed by atoms with van der Waals surface area (Å²) in [6, 6.07) is 1.91. The molecular weight excluding hydrogens is 263 g/mol. The Balaban J connectivity index is 2.64. The molecule has 0 aliphatic heterocycles. The molecule has 0 bridgehead atoms. The number of nitrogens with zero attached hydrogens (tertiary/aromatic N) is 1. The van der Waals surface area contributed by atoms with Gasteiger partial charge >= 0.3 is 5.97 Å². The molecule has 0 fully saturated rings. The minimum absolute atomic E-state index is 0.0440. The monoisotopic (exact) mass is 272 g/mol. The lowest BCUT2D eigenvalue weighted by Crippen LogP contribution is -2.02. The second-order valence-corrected chi connectivity index (χ2v) is 6.05. The molecule has 2 rings (SSSR count). The largest absolute Gasteiger partial charge is 0.478 e. The molecule has 8 heteroatoms. The zero-order chi connectivity index (χ0) is 13.5. The Morgan fingerprint density at radius 1 is 1.50 bits per heavy atom. The number of aromatic amines is 1. The molecule has 2 aromatic rings. The van der Waals surface area contributed by atoms with E-state index in [4.69, 9.17) is 5.11 Å². The molecule has 0 saturated carbocycles. The van der Waals surface area contributed by atoms with Gasteiger partial charge in [-0.2, -0.15) is 0 Å². The predicted molar refractivity (Wildman–Crippen MR) is 61.6 cm³/mol. The lowest BCUT2D eigenvalue weighted by atomic mass is 10.2. The van der Waals surface area contributed by atoms with Crippen LogP contribution in [0, 0.1) is 5.82 Å². The maximum Gasteiger partial charge on any atom is 0.338 e. The van der Waals surface area contributed by atoms with E-state index in [0.717, 1.165) is 18.4 Å². The molecule has 1 aromatic carbocycles. The van der Waals surface area contributed by atoms with Gasteiger partial charge < -0.3 is 10.1 Å². The summed E-state index contributed by atoms with van der Waals surface area (Å²) in [5.41, 5.74) is -0.102. The van der Waals surface area contributed by atoms with E-state index >= 15 is 0 Å². The second-order valence-electron chi connectivity index (χ2n) is 3.91. The number of aromatic carboxylic acids is 1. The molecule has 18 heavy (non-hydrogen) atoms. The van der Waals surface area contributed by atoms with Gasteiger partial charge in [-0.25, -0.2) is 22.6 Å². The number of carbonyl (C=O) groups is 1. The lowest BCUT2D eigenvalue weighted by molar-refractivity contribution is 0.0698. The number of halogens is 1. The van der Waals surface area contributed by atoms with Crippen LogP contribution >= 0.6 is 0 Å². The average Bonchev–Trinajstić information content (AvgIpc) is 2.54. The predicted octanol–water partition coefficient (Wildman–Crippen LogP) is 0.945. The summed E-state index contributed by atoms with van der Waals surface area (Å²) in [5, 5.41) is 8.91. The standard InChI is InChI=1S/C10H9FN2O4S/c1-18(16,17)4-8-12-7-3-5(11)2-6(10(14)15)9(7)13-8/h2-3H,4H2,1H3,(H,12,13)(H,14,15). The van der Waals surface area contributed by atoms with Crippen LogP contribution in [0.25, 0.3) is 11.0 Å². The van der Waals surface area contributed by atoms with Crippen molar-refractivity contribution in [2.45, 2.75) is 5.75 Å². The number of hydrogen-bond donors (Lipinski definition) is 2. The first-order valence-electron chi connectivity index (χ1n) is 4.85. The highest BCUT2D eigenvalue weighted by molar-refractivity contribution is 7.89. The maximum atomic E-state index is 13.2. The van der Waals surface area contributed by atoms with Crippen LogP contribution in [0.5, 0.6) is 0 Å². The highest BCUT2D eigenvalue weighted by Gasteiger charge is 2.16. The lowest BCUT2D eigenvalue weighted by Gasteiger charge is -1.95.